The van der Waals surface area contributed by atoms with Gasteiger partial charge in [-0.25, -0.2) is 0 Å². The van der Waals surface area contributed by atoms with Gasteiger partial charge in [0.25, 0.3) is 0 Å². The second kappa shape index (κ2) is 6.80. The number of nitrogens with one attached hydrogen (secondary N) is 2. The summed E-state index contributed by atoms with van der Waals surface area (Å²) in [6.45, 7) is 3.55. The number of hydrogen-bond donors (Lipinski definition) is 3. The normalized spacial score (nSPS) is 17.5. The summed E-state index contributed by atoms with van der Waals surface area (Å²) in [5, 5.41) is 14.7. The summed E-state index contributed by atoms with van der Waals surface area (Å²) in [5.41, 5.74) is 0. The Morgan fingerprint density at radius 1 is 1.53 bits per heavy atom. The summed E-state index contributed by atoms with van der Waals surface area (Å²) in [5.74, 6) is 0.866. The molecule has 0 aromatic heterocycles. The van der Waals surface area contributed by atoms with E-state index in [1.807, 2.05) is 6.92 Å². The van der Waals surface area contributed by atoms with Gasteiger partial charge in [0, 0.05) is 12.6 Å². The monoisotopic (exact) mass is 214 g/mol. The number of aliphatic hydroxyl groups excluding tert-OH is 1. The maximum Gasteiger partial charge on any atom is 0.234 e. The van der Waals surface area contributed by atoms with E-state index in [2.05, 4.69) is 10.6 Å². The molecule has 3 N–H and O–H groups in total. The van der Waals surface area contributed by atoms with Gasteiger partial charge < -0.3 is 15.7 Å². The van der Waals surface area contributed by atoms with E-state index in [1.54, 1.807) is 0 Å². The minimum atomic E-state index is 0.0566. The molecule has 15 heavy (non-hydrogen) atoms. The molecule has 1 fully saturated rings. The van der Waals surface area contributed by atoms with Gasteiger partial charge in [-0.1, -0.05) is 0 Å². The van der Waals surface area contributed by atoms with E-state index in [9.17, 15) is 4.79 Å². The van der Waals surface area contributed by atoms with Gasteiger partial charge in [-0.15, -0.1) is 0 Å². The van der Waals surface area contributed by atoms with Gasteiger partial charge in [0.15, 0.2) is 0 Å². The van der Waals surface area contributed by atoms with Crippen LogP contribution >= 0.6 is 0 Å². The topological polar surface area (TPSA) is 61.4 Å². The van der Waals surface area contributed by atoms with Crippen LogP contribution in [0.25, 0.3) is 0 Å². The largest absolute Gasteiger partial charge is 0.396 e. The summed E-state index contributed by atoms with van der Waals surface area (Å²) >= 11 is 0. The van der Waals surface area contributed by atoms with Crippen molar-refractivity contribution in [3.05, 3.63) is 0 Å². The number of carbonyl (C=O) groups is 1. The Labute approximate surface area is 91.4 Å². The lowest BCUT2D eigenvalue weighted by Crippen LogP contribution is -2.39. The quantitative estimate of drug-likeness (QED) is 0.543. The molecule has 0 spiro atoms. The van der Waals surface area contributed by atoms with Crippen LogP contribution in [-0.2, 0) is 4.79 Å². The fourth-order valence-electron chi connectivity index (χ4n) is 1.51. The van der Waals surface area contributed by atoms with Crippen molar-refractivity contribution >= 4 is 5.91 Å². The fraction of sp³-hybridized carbons (Fsp3) is 0.909. The molecule has 0 heterocycles. The number of hydrogen-bond acceptors (Lipinski definition) is 3. The summed E-state index contributed by atoms with van der Waals surface area (Å²) in [6, 6.07) is 0.160. The number of amides is 1. The number of aliphatic hydroxyl groups is 1. The first-order valence-corrected chi connectivity index (χ1v) is 5.83. The maximum absolute atomic E-state index is 11.4. The molecule has 0 bridgehead atoms. The van der Waals surface area contributed by atoms with Crippen molar-refractivity contribution < 1.29 is 9.90 Å². The van der Waals surface area contributed by atoms with Crippen molar-refractivity contribution in [2.24, 2.45) is 5.92 Å². The highest BCUT2D eigenvalue weighted by Crippen LogP contribution is 2.27. The molecule has 1 aliphatic carbocycles. The maximum atomic E-state index is 11.4. The minimum Gasteiger partial charge on any atom is -0.396 e. The molecule has 1 unspecified atom stereocenters. The van der Waals surface area contributed by atoms with Crippen LogP contribution in [0.4, 0.5) is 0 Å². The van der Waals surface area contributed by atoms with Gasteiger partial charge in [0.05, 0.1) is 6.54 Å². The average Bonchev–Trinajstić information content (AvgIpc) is 2.98. The van der Waals surface area contributed by atoms with Crippen molar-refractivity contribution in [1.29, 1.82) is 0 Å². The van der Waals surface area contributed by atoms with Gasteiger partial charge in [0.1, 0.15) is 0 Å². The predicted molar refractivity (Wildman–Crippen MR) is 59.5 cm³/mol. The molecular weight excluding hydrogens is 192 g/mol. The molecule has 4 nitrogen and oxygen atoms in total. The molecule has 1 saturated carbocycles. The lowest BCUT2D eigenvalue weighted by molar-refractivity contribution is -0.120. The van der Waals surface area contributed by atoms with Gasteiger partial charge in [-0.2, -0.15) is 0 Å². The summed E-state index contributed by atoms with van der Waals surface area (Å²) in [4.78, 5) is 11.4. The van der Waals surface area contributed by atoms with Crippen LogP contribution in [0, 0.1) is 5.92 Å². The third-order valence-corrected chi connectivity index (χ3v) is 2.62. The third-order valence-electron chi connectivity index (χ3n) is 2.62. The molecule has 0 radical (unpaired) electrons. The lowest BCUT2D eigenvalue weighted by Gasteiger charge is -2.13. The Morgan fingerprint density at radius 2 is 2.27 bits per heavy atom. The molecule has 0 aromatic rings. The first-order valence-electron chi connectivity index (χ1n) is 5.83. The highest BCUT2D eigenvalue weighted by atomic mass is 16.2. The van der Waals surface area contributed by atoms with E-state index >= 15 is 0 Å². The Kier molecular flexibility index (Phi) is 5.65. The minimum absolute atomic E-state index is 0.0566. The number of rotatable bonds is 8. The molecule has 0 saturated heterocycles. The van der Waals surface area contributed by atoms with Gasteiger partial charge >= 0.3 is 0 Å². The van der Waals surface area contributed by atoms with Crippen molar-refractivity contribution in [3.8, 4) is 0 Å². The molecule has 1 aliphatic rings. The van der Waals surface area contributed by atoms with Crippen LogP contribution in [0.15, 0.2) is 0 Å². The Bertz CT molecular complexity index is 193. The molecule has 0 aliphatic heterocycles. The molecule has 0 aromatic carbocycles. The Balaban J connectivity index is 1.95. The summed E-state index contributed by atoms with van der Waals surface area (Å²) in [6.07, 6.45) is 4.20. The average molecular weight is 214 g/mol. The summed E-state index contributed by atoms with van der Waals surface area (Å²) in [7, 11) is 0. The van der Waals surface area contributed by atoms with E-state index < -0.39 is 0 Å². The first kappa shape index (κ1) is 12.5. The van der Waals surface area contributed by atoms with Crippen molar-refractivity contribution in [2.45, 2.75) is 38.6 Å². The molecular formula is C11H22N2O2. The van der Waals surface area contributed by atoms with Crippen LogP contribution < -0.4 is 10.6 Å². The molecule has 4 heteroatoms. The van der Waals surface area contributed by atoms with Crippen LogP contribution in [0.2, 0.25) is 0 Å². The van der Waals surface area contributed by atoms with E-state index in [4.69, 9.17) is 5.11 Å². The SMILES string of the molecule is CC(CCCO)NC(=O)CNCC1CC1. The third kappa shape index (κ3) is 6.47. The number of carbonyl (C=O) groups excluding carboxylic acids is 1. The highest BCUT2D eigenvalue weighted by molar-refractivity contribution is 5.78. The fourth-order valence-corrected chi connectivity index (χ4v) is 1.51. The highest BCUT2D eigenvalue weighted by Gasteiger charge is 2.20. The van der Waals surface area contributed by atoms with Crippen molar-refractivity contribution in [2.75, 3.05) is 19.7 Å². The standard InChI is InChI=1S/C11H22N2O2/c1-9(3-2-6-14)13-11(15)8-12-7-10-4-5-10/h9-10,12,14H,2-8H2,1H3,(H,13,15). The van der Waals surface area contributed by atoms with Crippen LogP contribution in [0.1, 0.15) is 32.6 Å². The zero-order chi connectivity index (χ0) is 11.1. The van der Waals surface area contributed by atoms with Gasteiger partial charge in [0.2, 0.25) is 5.91 Å². The second-order valence-corrected chi connectivity index (χ2v) is 4.41. The van der Waals surface area contributed by atoms with Crippen molar-refractivity contribution in [1.82, 2.24) is 10.6 Å². The molecule has 1 rings (SSSR count). The van der Waals surface area contributed by atoms with Crippen LogP contribution in [-0.4, -0.2) is 36.8 Å². The smallest absolute Gasteiger partial charge is 0.234 e. The Hall–Kier alpha value is -0.610. The van der Waals surface area contributed by atoms with E-state index in [-0.39, 0.29) is 18.6 Å². The van der Waals surface area contributed by atoms with Gasteiger partial charge in [-0.05, 0) is 45.1 Å². The van der Waals surface area contributed by atoms with E-state index in [1.165, 1.54) is 12.8 Å². The van der Waals surface area contributed by atoms with Crippen LogP contribution in [0.3, 0.4) is 0 Å². The summed E-state index contributed by atoms with van der Waals surface area (Å²) < 4.78 is 0. The first-order chi connectivity index (χ1) is 7.22. The van der Waals surface area contributed by atoms with Gasteiger partial charge in [-0.3, -0.25) is 4.79 Å². The van der Waals surface area contributed by atoms with E-state index in [0.717, 1.165) is 25.3 Å². The molecule has 88 valence electrons. The Morgan fingerprint density at radius 3 is 2.87 bits per heavy atom. The molecule has 1 atom stereocenters. The molecule has 1 amide bonds. The zero-order valence-electron chi connectivity index (χ0n) is 9.46. The lowest BCUT2D eigenvalue weighted by atomic mass is 10.2. The zero-order valence-corrected chi connectivity index (χ0v) is 9.46. The predicted octanol–water partition coefficient (Wildman–Crippen LogP) is 0.263. The van der Waals surface area contributed by atoms with Crippen LogP contribution in [0.5, 0.6) is 0 Å². The second-order valence-electron chi connectivity index (χ2n) is 4.41. The van der Waals surface area contributed by atoms with E-state index in [0.29, 0.717) is 6.54 Å². The van der Waals surface area contributed by atoms with Crippen molar-refractivity contribution in [3.63, 3.8) is 0 Å².